The molecule has 2 aromatic rings. The van der Waals surface area contributed by atoms with E-state index in [1.165, 1.54) is 5.57 Å². The molecule has 1 spiro atoms. The van der Waals surface area contributed by atoms with Gasteiger partial charge in [-0.25, -0.2) is 0 Å². The normalized spacial score (nSPS) is 27.6. The van der Waals surface area contributed by atoms with Crippen LogP contribution in [0.5, 0.6) is 23.0 Å². The lowest BCUT2D eigenvalue weighted by Gasteiger charge is -2.56. The van der Waals surface area contributed by atoms with Crippen LogP contribution in [0.3, 0.4) is 0 Å². The fraction of sp³-hybridized carbons (Fsp3) is 0.468. The number of benzene rings is 2. The maximum Gasteiger partial charge on any atom is 0.246 e. The van der Waals surface area contributed by atoms with Crippen molar-refractivity contribution in [3.8, 4) is 23.0 Å². The van der Waals surface area contributed by atoms with Gasteiger partial charge in [-0.2, -0.15) is 0 Å². The highest BCUT2D eigenvalue weighted by atomic mass is 16.6. The molecule has 5 unspecified atom stereocenters. The lowest BCUT2D eigenvalue weighted by molar-refractivity contribution is -0.171. The second-order valence-corrected chi connectivity index (χ2v) is 17.3. The summed E-state index contributed by atoms with van der Waals surface area (Å²) in [5.41, 5.74) is 0.658. The minimum absolute atomic E-state index is 0.0296. The zero-order chi connectivity index (χ0) is 40.4. The molecule has 8 rings (SSSR count). The Kier molecular flexibility index (Phi) is 10.0. The van der Waals surface area contributed by atoms with Crippen LogP contribution in [0.4, 0.5) is 0 Å². The average Bonchev–Trinajstić information content (AvgIpc) is 3.30. The van der Waals surface area contributed by atoms with Gasteiger partial charge in [0.15, 0.2) is 22.8 Å². The van der Waals surface area contributed by atoms with E-state index < -0.39 is 28.3 Å². The Morgan fingerprint density at radius 3 is 2.38 bits per heavy atom. The summed E-state index contributed by atoms with van der Waals surface area (Å²) >= 11 is 0. The molecule has 9 nitrogen and oxygen atoms in total. The molecule has 3 aliphatic heterocycles. The number of amides is 1. The molecular weight excluding hydrogens is 707 g/mol. The number of phenolic OH excluding ortho intramolecular Hbond substituents is 1. The molecule has 1 saturated heterocycles. The molecule has 2 N–H and O–H groups in total. The zero-order valence-electron chi connectivity index (χ0n) is 34.2. The highest BCUT2D eigenvalue weighted by Crippen LogP contribution is 2.68. The second-order valence-electron chi connectivity index (χ2n) is 17.3. The Morgan fingerprint density at radius 1 is 0.982 bits per heavy atom. The van der Waals surface area contributed by atoms with Gasteiger partial charge in [0.25, 0.3) is 0 Å². The Labute approximate surface area is 330 Å². The lowest BCUT2D eigenvalue weighted by Crippen LogP contribution is -2.72. The third kappa shape index (κ3) is 6.32. The van der Waals surface area contributed by atoms with E-state index in [-0.39, 0.29) is 46.9 Å². The van der Waals surface area contributed by atoms with Crippen molar-refractivity contribution in [2.75, 3.05) is 13.7 Å². The van der Waals surface area contributed by atoms with Crippen LogP contribution in [0.2, 0.25) is 0 Å². The van der Waals surface area contributed by atoms with Crippen LogP contribution in [0.1, 0.15) is 108 Å². The summed E-state index contributed by atoms with van der Waals surface area (Å²) in [6.45, 7) is 16.2. The van der Waals surface area contributed by atoms with Gasteiger partial charge in [0, 0.05) is 41.5 Å². The van der Waals surface area contributed by atoms with E-state index in [0.29, 0.717) is 60.3 Å². The predicted molar refractivity (Wildman–Crippen MR) is 216 cm³/mol. The number of nitrogens with one attached hydrogen (secondary N) is 1. The van der Waals surface area contributed by atoms with Crippen molar-refractivity contribution in [1.82, 2.24) is 5.32 Å². The molecule has 56 heavy (non-hydrogen) atoms. The molecule has 9 heteroatoms. The third-order valence-electron chi connectivity index (χ3n) is 12.4. The number of ether oxygens (including phenoxy) is 4. The van der Waals surface area contributed by atoms with Gasteiger partial charge >= 0.3 is 0 Å². The monoisotopic (exact) mass is 761 g/mol. The summed E-state index contributed by atoms with van der Waals surface area (Å²) in [6, 6.07) is 7.71. The van der Waals surface area contributed by atoms with Crippen molar-refractivity contribution in [3.05, 3.63) is 99.2 Å². The maximum atomic E-state index is 15.0. The van der Waals surface area contributed by atoms with Gasteiger partial charge in [0.2, 0.25) is 5.91 Å². The van der Waals surface area contributed by atoms with E-state index in [1.54, 1.807) is 26.2 Å². The van der Waals surface area contributed by atoms with Gasteiger partial charge < -0.3 is 29.4 Å². The molecule has 2 fully saturated rings. The molecule has 3 aliphatic carbocycles. The van der Waals surface area contributed by atoms with E-state index >= 15 is 4.79 Å². The first-order valence-electron chi connectivity index (χ1n) is 19.8. The number of phenols is 1. The quantitative estimate of drug-likeness (QED) is 0.163. The van der Waals surface area contributed by atoms with Crippen LogP contribution in [0, 0.1) is 11.8 Å². The van der Waals surface area contributed by atoms with Crippen molar-refractivity contribution in [3.63, 3.8) is 0 Å². The fourth-order valence-electron chi connectivity index (χ4n) is 9.43. The van der Waals surface area contributed by atoms with E-state index in [0.717, 1.165) is 23.3 Å². The van der Waals surface area contributed by atoms with E-state index in [4.69, 9.17) is 18.9 Å². The highest BCUT2D eigenvalue weighted by Gasteiger charge is 2.81. The first kappa shape index (κ1) is 39.3. The van der Waals surface area contributed by atoms with Crippen LogP contribution in [-0.2, 0) is 27.2 Å². The summed E-state index contributed by atoms with van der Waals surface area (Å²) in [7, 11) is 1.62. The minimum atomic E-state index is -1.59. The fourth-order valence-corrected chi connectivity index (χ4v) is 9.43. The van der Waals surface area contributed by atoms with Gasteiger partial charge in [0.1, 0.15) is 34.2 Å². The van der Waals surface area contributed by atoms with Crippen molar-refractivity contribution in [1.29, 1.82) is 0 Å². The number of fused-ring (bicyclic) bond motifs is 2. The maximum absolute atomic E-state index is 15.0. The molecule has 1 amide bonds. The Balaban J connectivity index is 1.28. The van der Waals surface area contributed by atoms with Crippen LogP contribution in [0.25, 0.3) is 6.08 Å². The van der Waals surface area contributed by atoms with Crippen LogP contribution in [-0.4, -0.2) is 58.6 Å². The number of carbonyl (C=O) groups excluding carboxylic acids is 3. The molecular formula is C47H55NO8. The molecule has 4 bridgehead atoms. The number of Topliss-reactive ketones (excluding diaryl/α,β-unsaturated/α-hetero) is 2. The lowest BCUT2D eigenvalue weighted by atomic mass is 9.51. The Hall–Kier alpha value is -4.89. The van der Waals surface area contributed by atoms with Crippen molar-refractivity contribution in [2.45, 2.75) is 116 Å². The van der Waals surface area contributed by atoms with Gasteiger partial charge in [-0.05, 0) is 117 Å². The standard InChI is InChI=1S/C47H55NO8/c1-27(2)11-10-21-45(8)22-19-33-38(49)37-39(50)35-25-31-26-36-44(6,7)56-46(42(31)51,47(35,36)55-41(37)34(40(33)54-45)17-12-28(3)4)23-18-29(5)43(52)48-24-20-30-13-15-32(53-9)16-14-30/h11-16,18-19,22,25,31,36,49H,10,17,20-21,23-24,26H2,1-9H3,(H,48,52)/b29-18-. The minimum Gasteiger partial charge on any atom is -0.506 e. The largest absolute Gasteiger partial charge is 0.506 e. The molecule has 1 saturated carbocycles. The first-order valence-corrected chi connectivity index (χ1v) is 19.8. The van der Waals surface area contributed by atoms with Gasteiger partial charge in [-0.3, -0.25) is 14.4 Å². The number of aromatic hydroxyl groups is 1. The number of rotatable bonds is 12. The van der Waals surface area contributed by atoms with Crippen molar-refractivity contribution < 1.29 is 38.4 Å². The molecule has 5 atom stereocenters. The highest BCUT2D eigenvalue weighted by molar-refractivity contribution is 6.19. The van der Waals surface area contributed by atoms with Gasteiger partial charge in [0.05, 0.1) is 18.3 Å². The number of carbonyl (C=O) groups is 3. The molecule has 6 aliphatic rings. The summed E-state index contributed by atoms with van der Waals surface area (Å²) in [5.74, 6) is -0.472. The Morgan fingerprint density at radius 2 is 1.70 bits per heavy atom. The van der Waals surface area contributed by atoms with Crippen LogP contribution < -0.4 is 19.5 Å². The summed E-state index contributed by atoms with van der Waals surface area (Å²) in [5, 5.41) is 15.0. The molecule has 0 aromatic heterocycles. The summed E-state index contributed by atoms with van der Waals surface area (Å²) < 4.78 is 26.3. The third-order valence-corrected chi connectivity index (χ3v) is 12.4. The summed E-state index contributed by atoms with van der Waals surface area (Å²) in [4.78, 5) is 43.1. The Bertz CT molecular complexity index is 2140. The van der Waals surface area contributed by atoms with Crippen LogP contribution >= 0.6 is 0 Å². The SMILES string of the molecule is COc1ccc(CCNC(=O)/C(C)=C\CC23OC(C)(C)C4CC(C=C5C(=O)c6c(O)c7c(c(CC=C(C)C)c6OC542)OC(C)(CCC=C(C)C)C=C7)C3=O)cc1. The van der Waals surface area contributed by atoms with Gasteiger partial charge in [-0.15, -0.1) is 0 Å². The molecule has 2 aromatic carbocycles. The van der Waals surface area contributed by atoms with Crippen LogP contribution in [0.15, 0.2) is 76.9 Å². The number of ketones is 2. The predicted octanol–water partition coefficient (Wildman–Crippen LogP) is 8.52. The van der Waals surface area contributed by atoms with E-state index in [9.17, 15) is 14.7 Å². The number of allylic oxidation sites excluding steroid dienone is 5. The smallest absolute Gasteiger partial charge is 0.246 e. The van der Waals surface area contributed by atoms with Crippen molar-refractivity contribution >= 4 is 23.5 Å². The van der Waals surface area contributed by atoms with Gasteiger partial charge in [-0.1, -0.05) is 47.6 Å². The topological polar surface area (TPSA) is 120 Å². The second kappa shape index (κ2) is 14.2. The zero-order valence-corrected chi connectivity index (χ0v) is 34.2. The molecule has 0 radical (unpaired) electrons. The van der Waals surface area contributed by atoms with Crippen molar-refractivity contribution in [2.24, 2.45) is 11.8 Å². The van der Waals surface area contributed by atoms with E-state index in [1.807, 2.05) is 71.0 Å². The average molecular weight is 762 g/mol. The van der Waals surface area contributed by atoms with E-state index in [2.05, 4.69) is 31.3 Å². The first-order chi connectivity index (χ1) is 26.5. The number of hydrogen-bond donors (Lipinski definition) is 2. The molecule has 3 heterocycles. The molecule has 296 valence electrons. The number of methoxy groups -OCH3 is 1. The number of hydrogen-bond acceptors (Lipinski definition) is 8. The summed E-state index contributed by atoms with van der Waals surface area (Å²) in [6.07, 6.45) is 14.5.